The summed E-state index contributed by atoms with van der Waals surface area (Å²) in [5.74, 6) is -0.0823. The molecule has 0 aromatic rings. The van der Waals surface area contributed by atoms with Crippen LogP contribution >= 0.6 is 0 Å². The predicted molar refractivity (Wildman–Crippen MR) is 70.6 cm³/mol. The van der Waals surface area contributed by atoms with E-state index in [1.807, 2.05) is 20.8 Å². The van der Waals surface area contributed by atoms with Crippen LogP contribution in [-0.2, 0) is 4.79 Å². The van der Waals surface area contributed by atoms with Crippen LogP contribution in [-0.4, -0.2) is 29.7 Å². The van der Waals surface area contributed by atoms with E-state index in [9.17, 15) is 4.79 Å². The van der Waals surface area contributed by atoms with Crippen molar-refractivity contribution in [3.8, 4) is 0 Å². The van der Waals surface area contributed by atoms with Crippen molar-refractivity contribution in [2.24, 2.45) is 11.1 Å². The molecule has 0 saturated heterocycles. The highest BCUT2D eigenvalue weighted by molar-refractivity contribution is 5.85. The fourth-order valence-corrected chi connectivity index (χ4v) is 1.68. The number of aliphatic hydroxyl groups excluding tert-OH is 1. The summed E-state index contributed by atoms with van der Waals surface area (Å²) in [7, 11) is 0. The average Bonchev–Trinajstić information content (AvgIpc) is 2.24. The van der Waals surface area contributed by atoms with Gasteiger partial charge in [-0.15, -0.1) is 0 Å². The van der Waals surface area contributed by atoms with Gasteiger partial charge in [0.05, 0.1) is 5.54 Å². The van der Waals surface area contributed by atoms with Gasteiger partial charge in [-0.1, -0.05) is 27.2 Å². The van der Waals surface area contributed by atoms with Crippen LogP contribution in [0.25, 0.3) is 0 Å². The van der Waals surface area contributed by atoms with Gasteiger partial charge in [-0.3, -0.25) is 4.79 Å². The van der Waals surface area contributed by atoms with Crippen LogP contribution in [0.4, 0.5) is 0 Å². The lowest BCUT2D eigenvalue weighted by atomic mass is 9.89. The van der Waals surface area contributed by atoms with Crippen molar-refractivity contribution in [2.75, 3.05) is 13.2 Å². The number of aliphatic hydroxyl groups is 1. The lowest BCUT2D eigenvalue weighted by molar-refractivity contribution is -0.126. The quantitative estimate of drug-likeness (QED) is 0.565. The van der Waals surface area contributed by atoms with Crippen molar-refractivity contribution in [1.82, 2.24) is 5.32 Å². The van der Waals surface area contributed by atoms with Gasteiger partial charge in [0, 0.05) is 13.2 Å². The Kier molecular flexibility index (Phi) is 6.72. The summed E-state index contributed by atoms with van der Waals surface area (Å²) < 4.78 is 0. The van der Waals surface area contributed by atoms with Gasteiger partial charge in [-0.05, 0) is 31.6 Å². The zero-order valence-corrected chi connectivity index (χ0v) is 11.7. The van der Waals surface area contributed by atoms with E-state index in [2.05, 4.69) is 5.32 Å². The van der Waals surface area contributed by atoms with Gasteiger partial charge < -0.3 is 16.2 Å². The first-order chi connectivity index (χ1) is 7.75. The Morgan fingerprint density at radius 1 is 1.29 bits per heavy atom. The summed E-state index contributed by atoms with van der Waals surface area (Å²) in [5, 5.41) is 12.0. The Balaban J connectivity index is 3.86. The van der Waals surface area contributed by atoms with Crippen LogP contribution in [0.15, 0.2) is 0 Å². The molecule has 0 radical (unpaired) electrons. The molecule has 4 heteroatoms. The van der Waals surface area contributed by atoms with Gasteiger partial charge in [-0.25, -0.2) is 0 Å². The van der Waals surface area contributed by atoms with E-state index in [4.69, 9.17) is 10.8 Å². The van der Waals surface area contributed by atoms with E-state index in [0.717, 1.165) is 19.3 Å². The summed E-state index contributed by atoms with van der Waals surface area (Å²) in [6, 6.07) is 0. The molecule has 1 unspecified atom stereocenters. The minimum atomic E-state index is -0.763. The summed E-state index contributed by atoms with van der Waals surface area (Å²) in [6.45, 7) is 8.60. The van der Waals surface area contributed by atoms with Crippen LogP contribution in [0.2, 0.25) is 0 Å². The molecule has 0 fully saturated rings. The average molecular weight is 244 g/mol. The predicted octanol–water partition coefficient (Wildman–Crippen LogP) is 1.42. The molecule has 4 N–H and O–H groups in total. The molecule has 1 amide bonds. The van der Waals surface area contributed by atoms with Crippen molar-refractivity contribution in [3.05, 3.63) is 0 Å². The van der Waals surface area contributed by atoms with E-state index in [-0.39, 0.29) is 17.9 Å². The molecular formula is C13H28N2O2. The molecule has 0 rings (SSSR count). The molecule has 0 aliphatic heterocycles. The SMILES string of the molecule is CCCC(C)(N)C(=O)NCCCC(C)(C)CO. The van der Waals surface area contributed by atoms with Crippen molar-refractivity contribution in [1.29, 1.82) is 0 Å². The van der Waals surface area contributed by atoms with E-state index < -0.39 is 5.54 Å². The van der Waals surface area contributed by atoms with Crippen LogP contribution < -0.4 is 11.1 Å². The molecule has 0 aliphatic carbocycles. The molecule has 0 spiro atoms. The Morgan fingerprint density at radius 2 is 1.88 bits per heavy atom. The van der Waals surface area contributed by atoms with Gasteiger partial charge in [0.25, 0.3) is 0 Å². The fourth-order valence-electron chi connectivity index (χ4n) is 1.68. The Bertz CT molecular complexity index is 238. The van der Waals surface area contributed by atoms with Gasteiger partial charge in [0.2, 0.25) is 5.91 Å². The van der Waals surface area contributed by atoms with E-state index in [0.29, 0.717) is 13.0 Å². The topological polar surface area (TPSA) is 75.4 Å². The molecule has 17 heavy (non-hydrogen) atoms. The lowest BCUT2D eigenvalue weighted by Gasteiger charge is -2.24. The molecule has 0 aromatic carbocycles. The lowest BCUT2D eigenvalue weighted by Crippen LogP contribution is -2.51. The largest absolute Gasteiger partial charge is 0.396 e. The molecule has 0 bridgehead atoms. The van der Waals surface area contributed by atoms with Gasteiger partial charge in [-0.2, -0.15) is 0 Å². The molecule has 0 saturated carbocycles. The second-order valence-electron chi connectivity index (χ2n) is 5.85. The summed E-state index contributed by atoms with van der Waals surface area (Å²) >= 11 is 0. The maximum Gasteiger partial charge on any atom is 0.239 e. The van der Waals surface area contributed by atoms with Crippen molar-refractivity contribution >= 4 is 5.91 Å². The highest BCUT2D eigenvalue weighted by atomic mass is 16.3. The van der Waals surface area contributed by atoms with Crippen LogP contribution in [0.5, 0.6) is 0 Å². The van der Waals surface area contributed by atoms with Gasteiger partial charge in [0.15, 0.2) is 0 Å². The number of nitrogens with one attached hydrogen (secondary N) is 1. The maximum absolute atomic E-state index is 11.8. The standard InChI is InChI=1S/C13H28N2O2/c1-5-7-13(4,14)11(17)15-9-6-8-12(2,3)10-16/h16H,5-10,14H2,1-4H3,(H,15,17). The monoisotopic (exact) mass is 244 g/mol. The van der Waals surface area contributed by atoms with E-state index >= 15 is 0 Å². The molecule has 4 nitrogen and oxygen atoms in total. The number of rotatable bonds is 8. The van der Waals surface area contributed by atoms with Crippen LogP contribution in [0, 0.1) is 5.41 Å². The third kappa shape index (κ3) is 6.64. The Labute approximate surface area is 105 Å². The first kappa shape index (κ1) is 16.4. The third-order valence-corrected chi connectivity index (χ3v) is 3.03. The van der Waals surface area contributed by atoms with Crippen LogP contribution in [0.3, 0.4) is 0 Å². The van der Waals surface area contributed by atoms with Crippen molar-refractivity contribution in [2.45, 2.75) is 58.9 Å². The van der Waals surface area contributed by atoms with Gasteiger partial charge >= 0.3 is 0 Å². The fraction of sp³-hybridized carbons (Fsp3) is 0.923. The van der Waals surface area contributed by atoms with Gasteiger partial charge in [0.1, 0.15) is 0 Å². The number of carbonyl (C=O) groups is 1. The normalized spacial score (nSPS) is 15.4. The molecular weight excluding hydrogens is 216 g/mol. The Morgan fingerprint density at radius 3 is 2.35 bits per heavy atom. The molecule has 0 heterocycles. The highest BCUT2D eigenvalue weighted by Crippen LogP contribution is 2.20. The summed E-state index contributed by atoms with van der Waals surface area (Å²) in [5.41, 5.74) is 5.08. The highest BCUT2D eigenvalue weighted by Gasteiger charge is 2.26. The summed E-state index contributed by atoms with van der Waals surface area (Å²) in [6.07, 6.45) is 3.35. The van der Waals surface area contributed by atoms with Crippen molar-refractivity contribution in [3.63, 3.8) is 0 Å². The minimum absolute atomic E-state index is 0.0693. The first-order valence-corrected chi connectivity index (χ1v) is 6.43. The number of carbonyl (C=O) groups excluding carboxylic acids is 1. The number of nitrogens with two attached hydrogens (primary N) is 1. The first-order valence-electron chi connectivity index (χ1n) is 6.43. The van der Waals surface area contributed by atoms with E-state index in [1.54, 1.807) is 6.92 Å². The minimum Gasteiger partial charge on any atom is -0.396 e. The third-order valence-electron chi connectivity index (χ3n) is 3.03. The van der Waals surface area contributed by atoms with Crippen molar-refractivity contribution < 1.29 is 9.90 Å². The maximum atomic E-state index is 11.8. The number of hydrogen-bond acceptors (Lipinski definition) is 3. The zero-order valence-electron chi connectivity index (χ0n) is 11.7. The molecule has 0 aromatic heterocycles. The van der Waals surface area contributed by atoms with Crippen LogP contribution in [0.1, 0.15) is 53.4 Å². The summed E-state index contributed by atoms with van der Waals surface area (Å²) in [4.78, 5) is 11.8. The second-order valence-corrected chi connectivity index (χ2v) is 5.85. The molecule has 1 atom stereocenters. The van der Waals surface area contributed by atoms with E-state index in [1.165, 1.54) is 0 Å². The Hall–Kier alpha value is -0.610. The number of hydrogen-bond donors (Lipinski definition) is 3. The second kappa shape index (κ2) is 6.97. The number of amides is 1. The molecule has 0 aliphatic rings. The zero-order chi connectivity index (χ0) is 13.5. The molecule has 102 valence electrons. The smallest absolute Gasteiger partial charge is 0.239 e.